The van der Waals surface area contributed by atoms with Crippen LogP contribution in [0.5, 0.6) is 0 Å². The van der Waals surface area contributed by atoms with Gasteiger partial charge in [0.1, 0.15) is 35.4 Å². The van der Waals surface area contributed by atoms with Crippen LogP contribution in [0.25, 0.3) is 0 Å². The van der Waals surface area contributed by atoms with Crippen molar-refractivity contribution in [2.24, 2.45) is 5.41 Å². The molecule has 0 aliphatic heterocycles. The summed E-state index contributed by atoms with van der Waals surface area (Å²) in [6, 6.07) is 6.84. The van der Waals surface area contributed by atoms with Crippen LogP contribution in [0.2, 0.25) is 0 Å². The zero-order valence-corrected chi connectivity index (χ0v) is 12.9. The molecular weight excluding hydrogens is 329 g/mol. The molecule has 1 atom stereocenters. The maximum atomic E-state index is 13.1. The number of hydrogen-bond donors (Lipinski definition) is 0. The third kappa shape index (κ3) is 2.85. The summed E-state index contributed by atoms with van der Waals surface area (Å²) in [4.78, 5) is 0. The van der Waals surface area contributed by atoms with Gasteiger partial charge < -0.3 is 0 Å². The van der Waals surface area contributed by atoms with E-state index in [1.165, 1.54) is 12.2 Å². The summed E-state index contributed by atoms with van der Waals surface area (Å²) in [5, 5.41) is 36.5. The number of rotatable bonds is 0. The topological polar surface area (TPSA) is 95.2 Å². The fourth-order valence-electron chi connectivity index (χ4n) is 2.93. The van der Waals surface area contributed by atoms with E-state index in [2.05, 4.69) is 0 Å². The molecule has 0 aromatic rings. The van der Waals surface area contributed by atoms with E-state index in [-0.39, 0.29) is 34.3 Å². The summed E-state index contributed by atoms with van der Waals surface area (Å²) in [5.74, 6) is 0. The van der Waals surface area contributed by atoms with E-state index in [0.717, 1.165) is 12.2 Å². The Hall–Kier alpha value is -3.55. The second-order valence-corrected chi connectivity index (χ2v) is 5.61. The largest absolute Gasteiger partial charge is 0.416 e. The summed E-state index contributed by atoms with van der Waals surface area (Å²) < 4.78 is 39.3. The number of nitrogens with zero attached hydrogens (tertiary/aromatic N) is 4. The molecule has 2 aliphatic carbocycles. The van der Waals surface area contributed by atoms with E-state index in [0.29, 0.717) is 0 Å². The standard InChI is InChI=1S/C18H9F3N4/c1-17-5-4-13(18(19,20)21)6-16(17)14(11(7-22)8-23)2-3-15(17)12(9-24)10-25/h2-4,6H,5H2,1H3. The average molecular weight is 338 g/mol. The van der Waals surface area contributed by atoms with Crippen molar-refractivity contribution in [1.29, 1.82) is 21.0 Å². The van der Waals surface area contributed by atoms with Crippen molar-refractivity contribution in [3.63, 3.8) is 0 Å². The van der Waals surface area contributed by atoms with Crippen molar-refractivity contribution in [1.82, 2.24) is 0 Å². The number of hydrogen-bond acceptors (Lipinski definition) is 4. The minimum Gasteiger partial charge on any atom is -0.192 e. The summed E-state index contributed by atoms with van der Waals surface area (Å²) in [6.07, 6.45) is -0.117. The Kier molecular flexibility index (Phi) is 4.38. The van der Waals surface area contributed by atoms with E-state index in [9.17, 15) is 13.2 Å². The highest BCUT2D eigenvalue weighted by Gasteiger charge is 2.44. The summed E-state index contributed by atoms with van der Waals surface area (Å²) in [5.41, 5.74) is -2.12. The van der Waals surface area contributed by atoms with Gasteiger partial charge >= 0.3 is 6.18 Å². The van der Waals surface area contributed by atoms with Gasteiger partial charge in [0.05, 0.1) is 5.57 Å². The molecule has 2 aliphatic rings. The molecule has 4 nitrogen and oxygen atoms in total. The predicted molar refractivity (Wildman–Crippen MR) is 80.6 cm³/mol. The molecule has 0 saturated heterocycles. The van der Waals surface area contributed by atoms with Crippen molar-refractivity contribution in [2.75, 3.05) is 0 Å². The Labute approximate surface area is 142 Å². The van der Waals surface area contributed by atoms with Crippen LogP contribution in [0.15, 0.2) is 57.7 Å². The lowest BCUT2D eigenvalue weighted by Gasteiger charge is -2.39. The van der Waals surface area contributed by atoms with Gasteiger partial charge in [0.15, 0.2) is 0 Å². The van der Waals surface area contributed by atoms with Gasteiger partial charge in [0, 0.05) is 11.0 Å². The fourth-order valence-corrected chi connectivity index (χ4v) is 2.93. The average Bonchev–Trinajstić information content (AvgIpc) is 2.57. The highest BCUT2D eigenvalue weighted by Crippen LogP contribution is 2.52. The molecule has 2 rings (SSSR count). The molecular formula is C18H9F3N4. The monoisotopic (exact) mass is 338 g/mol. The molecule has 0 radical (unpaired) electrons. The van der Waals surface area contributed by atoms with Gasteiger partial charge in [-0.1, -0.05) is 25.2 Å². The van der Waals surface area contributed by atoms with Crippen molar-refractivity contribution >= 4 is 0 Å². The van der Waals surface area contributed by atoms with Gasteiger partial charge in [-0.15, -0.1) is 0 Å². The molecule has 0 aromatic heterocycles. The normalized spacial score (nSPS) is 21.6. The van der Waals surface area contributed by atoms with Gasteiger partial charge in [-0.05, 0) is 23.6 Å². The molecule has 122 valence electrons. The number of fused-ring (bicyclic) bond motifs is 1. The molecule has 0 N–H and O–H groups in total. The molecule has 0 saturated carbocycles. The molecule has 0 aromatic carbocycles. The van der Waals surface area contributed by atoms with E-state index in [1.54, 1.807) is 31.2 Å². The Morgan fingerprint density at radius 2 is 1.56 bits per heavy atom. The summed E-state index contributed by atoms with van der Waals surface area (Å²) >= 11 is 0. The van der Waals surface area contributed by atoms with Crippen LogP contribution in [0.3, 0.4) is 0 Å². The zero-order chi connectivity index (χ0) is 18.8. The maximum absolute atomic E-state index is 13.1. The van der Waals surface area contributed by atoms with E-state index < -0.39 is 17.2 Å². The third-order valence-corrected chi connectivity index (χ3v) is 4.24. The Balaban J connectivity index is 2.88. The number of nitriles is 4. The second kappa shape index (κ2) is 6.16. The second-order valence-electron chi connectivity index (χ2n) is 5.61. The molecule has 25 heavy (non-hydrogen) atoms. The number of allylic oxidation sites excluding steroid dienone is 10. The highest BCUT2D eigenvalue weighted by atomic mass is 19.4. The van der Waals surface area contributed by atoms with Crippen LogP contribution in [0.1, 0.15) is 13.3 Å². The SMILES string of the molecule is CC12CC=C(C(F)(F)F)C=C1C(=C(C#N)C#N)C=CC2=C(C#N)C#N. The first kappa shape index (κ1) is 17.8. The van der Waals surface area contributed by atoms with E-state index in [4.69, 9.17) is 21.0 Å². The number of halogens is 3. The van der Waals surface area contributed by atoms with Crippen molar-refractivity contribution in [3.05, 3.63) is 57.7 Å². The van der Waals surface area contributed by atoms with Crippen LogP contribution in [0, 0.1) is 50.7 Å². The van der Waals surface area contributed by atoms with Crippen molar-refractivity contribution in [3.8, 4) is 24.3 Å². The van der Waals surface area contributed by atoms with Crippen molar-refractivity contribution in [2.45, 2.75) is 19.5 Å². The Bertz CT molecular complexity index is 928. The van der Waals surface area contributed by atoms with Gasteiger partial charge in [0.2, 0.25) is 0 Å². The van der Waals surface area contributed by atoms with Crippen molar-refractivity contribution < 1.29 is 13.2 Å². The third-order valence-electron chi connectivity index (χ3n) is 4.24. The minimum atomic E-state index is -4.59. The first-order chi connectivity index (χ1) is 11.7. The minimum absolute atomic E-state index is 0.0707. The first-order valence-corrected chi connectivity index (χ1v) is 7.00. The Morgan fingerprint density at radius 1 is 1.00 bits per heavy atom. The van der Waals surface area contributed by atoms with Crippen LogP contribution < -0.4 is 0 Å². The van der Waals surface area contributed by atoms with Crippen LogP contribution in [-0.2, 0) is 0 Å². The first-order valence-electron chi connectivity index (χ1n) is 7.00. The fraction of sp³-hybridized carbons (Fsp3) is 0.222. The van der Waals surface area contributed by atoms with Crippen LogP contribution >= 0.6 is 0 Å². The quantitative estimate of drug-likeness (QED) is 0.622. The summed E-state index contributed by atoms with van der Waals surface area (Å²) in [6.45, 7) is 1.59. The molecule has 1 unspecified atom stereocenters. The smallest absolute Gasteiger partial charge is 0.192 e. The molecule has 7 heteroatoms. The maximum Gasteiger partial charge on any atom is 0.416 e. The molecule has 0 bridgehead atoms. The predicted octanol–water partition coefficient (Wildman–Crippen LogP) is 4.07. The Morgan fingerprint density at radius 3 is 2.04 bits per heavy atom. The van der Waals surface area contributed by atoms with Gasteiger partial charge in [-0.25, -0.2) is 0 Å². The zero-order valence-electron chi connectivity index (χ0n) is 12.9. The summed E-state index contributed by atoms with van der Waals surface area (Å²) in [7, 11) is 0. The lowest BCUT2D eigenvalue weighted by molar-refractivity contribution is -0.0889. The van der Waals surface area contributed by atoms with Gasteiger partial charge in [-0.3, -0.25) is 0 Å². The molecule has 0 heterocycles. The molecule has 0 amide bonds. The lowest BCUT2D eigenvalue weighted by Crippen LogP contribution is -2.30. The molecule has 0 spiro atoms. The van der Waals surface area contributed by atoms with Crippen LogP contribution in [-0.4, -0.2) is 6.18 Å². The van der Waals surface area contributed by atoms with E-state index in [1.807, 2.05) is 0 Å². The van der Waals surface area contributed by atoms with E-state index >= 15 is 0 Å². The van der Waals surface area contributed by atoms with Gasteiger partial charge in [-0.2, -0.15) is 34.2 Å². The van der Waals surface area contributed by atoms with Crippen LogP contribution in [0.4, 0.5) is 13.2 Å². The van der Waals surface area contributed by atoms with Gasteiger partial charge in [0.25, 0.3) is 0 Å². The highest BCUT2D eigenvalue weighted by molar-refractivity contribution is 5.67. The lowest BCUT2D eigenvalue weighted by atomic mass is 9.63. The number of alkyl halides is 3. The molecule has 0 fully saturated rings.